The van der Waals surface area contributed by atoms with Crippen molar-refractivity contribution in [2.24, 2.45) is 0 Å². The Morgan fingerprint density at radius 2 is 0.947 bits per heavy atom. The van der Waals surface area contributed by atoms with Gasteiger partial charge in [-0.3, -0.25) is 9.11 Å². The van der Waals surface area contributed by atoms with Crippen molar-refractivity contribution in [2.75, 3.05) is 6.61 Å². The van der Waals surface area contributed by atoms with E-state index in [1.165, 1.54) is 64.2 Å². The van der Waals surface area contributed by atoms with Gasteiger partial charge in [0.05, 0.1) is 0 Å². The van der Waals surface area contributed by atoms with Gasteiger partial charge in [0, 0.05) is 6.61 Å². The summed E-state index contributed by atoms with van der Waals surface area (Å²) in [7, 11) is -4.67. The van der Waals surface area contributed by atoms with Crippen molar-refractivity contribution in [2.45, 2.75) is 77.6 Å². The van der Waals surface area contributed by atoms with E-state index >= 15 is 0 Å². The summed E-state index contributed by atoms with van der Waals surface area (Å²) >= 11 is 0. The van der Waals surface area contributed by atoms with Gasteiger partial charge in [0.2, 0.25) is 0 Å². The Kier molecular flexibility index (Phi) is 17.7. The molecule has 19 heavy (non-hydrogen) atoms. The van der Waals surface area contributed by atoms with E-state index in [2.05, 4.69) is 6.92 Å². The molecule has 0 aliphatic heterocycles. The highest BCUT2D eigenvalue weighted by Gasteiger charge is 1.91. The fourth-order valence-corrected chi connectivity index (χ4v) is 1.78. The van der Waals surface area contributed by atoms with Gasteiger partial charge in [-0.2, -0.15) is 8.42 Å². The molecule has 0 saturated heterocycles. The maximum atomic E-state index is 8.74. The largest absolute Gasteiger partial charge is 0.396 e. The molecule has 0 aliphatic rings. The second-order valence-corrected chi connectivity index (χ2v) is 5.60. The van der Waals surface area contributed by atoms with Crippen LogP contribution in [-0.4, -0.2) is 29.2 Å². The fraction of sp³-hybridized carbons (Fsp3) is 1.00. The lowest BCUT2D eigenvalue weighted by Crippen LogP contribution is -1.89. The third-order valence-electron chi connectivity index (χ3n) is 2.76. The van der Waals surface area contributed by atoms with Crippen LogP contribution in [0.1, 0.15) is 77.6 Å². The summed E-state index contributed by atoms with van der Waals surface area (Å²) < 4.78 is 31.6. The van der Waals surface area contributed by atoms with Crippen LogP contribution in [0.3, 0.4) is 0 Å². The molecule has 5 nitrogen and oxygen atoms in total. The quantitative estimate of drug-likeness (QED) is 0.400. The molecule has 3 N–H and O–H groups in total. The average Bonchev–Trinajstić information content (AvgIpc) is 2.29. The number of rotatable bonds is 11. The van der Waals surface area contributed by atoms with Crippen molar-refractivity contribution in [3.8, 4) is 0 Å². The molecule has 6 heteroatoms. The molecule has 0 heterocycles. The van der Waals surface area contributed by atoms with E-state index < -0.39 is 10.4 Å². The lowest BCUT2D eigenvalue weighted by Gasteiger charge is -2.01. The van der Waals surface area contributed by atoms with E-state index in [4.69, 9.17) is 22.6 Å². The molecule has 0 radical (unpaired) electrons. The normalized spacial score (nSPS) is 10.9. The minimum absolute atomic E-state index is 0.372. The van der Waals surface area contributed by atoms with E-state index in [9.17, 15) is 0 Å². The van der Waals surface area contributed by atoms with Gasteiger partial charge in [0.1, 0.15) is 0 Å². The molecule has 0 saturated carbocycles. The lowest BCUT2D eigenvalue weighted by atomic mass is 10.1. The maximum Gasteiger partial charge on any atom is 0.394 e. The summed E-state index contributed by atoms with van der Waals surface area (Å²) in [6.45, 7) is 2.64. The number of unbranched alkanes of at least 4 members (excludes halogenated alkanes) is 10. The van der Waals surface area contributed by atoms with Crippen LogP contribution in [0.25, 0.3) is 0 Å². The number of aliphatic hydroxyl groups excluding tert-OH is 1. The first kappa shape index (κ1) is 21.1. The highest BCUT2D eigenvalue weighted by molar-refractivity contribution is 7.79. The van der Waals surface area contributed by atoms with Crippen molar-refractivity contribution in [1.29, 1.82) is 0 Å². The van der Waals surface area contributed by atoms with E-state index in [1.54, 1.807) is 0 Å². The second kappa shape index (κ2) is 15.9. The molecule has 0 atom stereocenters. The summed E-state index contributed by atoms with van der Waals surface area (Å²) in [6.07, 6.45) is 14.8. The first-order valence-electron chi connectivity index (χ1n) is 7.22. The molecule has 0 aromatic rings. The van der Waals surface area contributed by atoms with Crippen LogP contribution < -0.4 is 0 Å². The van der Waals surface area contributed by atoms with Crippen LogP contribution in [0.15, 0.2) is 0 Å². The molecule has 0 aromatic carbocycles. The summed E-state index contributed by atoms with van der Waals surface area (Å²) in [4.78, 5) is 0. The van der Waals surface area contributed by atoms with Crippen molar-refractivity contribution in [3.05, 3.63) is 0 Å². The van der Waals surface area contributed by atoms with Gasteiger partial charge in [-0.25, -0.2) is 0 Å². The van der Waals surface area contributed by atoms with Gasteiger partial charge in [-0.05, 0) is 6.42 Å². The Morgan fingerprint density at radius 1 is 0.684 bits per heavy atom. The molecule has 0 bridgehead atoms. The van der Waals surface area contributed by atoms with Gasteiger partial charge >= 0.3 is 10.4 Å². The number of aliphatic hydroxyl groups is 1. The third-order valence-corrected chi connectivity index (χ3v) is 2.76. The minimum atomic E-state index is -4.67. The highest BCUT2D eigenvalue weighted by atomic mass is 32.3. The topological polar surface area (TPSA) is 94.8 Å². The van der Waals surface area contributed by atoms with Crippen molar-refractivity contribution in [3.63, 3.8) is 0 Å². The predicted octanol–water partition coefficient (Wildman–Crippen LogP) is 3.64. The molecule has 0 fully saturated rings. The predicted molar refractivity (Wildman–Crippen MR) is 77.7 cm³/mol. The van der Waals surface area contributed by atoms with Crippen molar-refractivity contribution < 1.29 is 22.6 Å². The maximum absolute atomic E-state index is 8.74. The van der Waals surface area contributed by atoms with Crippen LogP contribution in [-0.2, 0) is 10.4 Å². The Hall–Kier alpha value is -0.170. The Labute approximate surface area is 118 Å². The van der Waals surface area contributed by atoms with Gasteiger partial charge in [0.25, 0.3) is 0 Å². The third kappa shape index (κ3) is 38.1. The molecular formula is C13H30O5S. The summed E-state index contributed by atoms with van der Waals surface area (Å²) in [6, 6.07) is 0. The molecule has 0 rings (SSSR count). The van der Waals surface area contributed by atoms with Crippen molar-refractivity contribution >= 4 is 10.4 Å². The summed E-state index contributed by atoms with van der Waals surface area (Å²) in [5, 5.41) is 8.59. The van der Waals surface area contributed by atoms with Crippen LogP contribution in [0.4, 0.5) is 0 Å². The van der Waals surface area contributed by atoms with Crippen LogP contribution in [0, 0.1) is 0 Å². The van der Waals surface area contributed by atoms with Gasteiger partial charge < -0.3 is 5.11 Å². The van der Waals surface area contributed by atoms with E-state index in [0.717, 1.165) is 6.42 Å². The molecule has 0 unspecified atom stereocenters. The minimum Gasteiger partial charge on any atom is -0.396 e. The average molecular weight is 298 g/mol. The van der Waals surface area contributed by atoms with Gasteiger partial charge in [-0.1, -0.05) is 71.1 Å². The first-order chi connectivity index (χ1) is 8.91. The van der Waals surface area contributed by atoms with Crippen LogP contribution in [0.2, 0.25) is 0 Å². The zero-order chi connectivity index (χ0) is 15.0. The zero-order valence-corrected chi connectivity index (χ0v) is 12.9. The van der Waals surface area contributed by atoms with Gasteiger partial charge in [-0.15, -0.1) is 0 Å². The molecular weight excluding hydrogens is 268 g/mol. The van der Waals surface area contributed by atoms with Crippen LogP contribution in [0.5, 0.6) is 0 Å². The standard InChI is InChI=1S/C13H28O.H2O4S/c1-2-3-4-5-6-7-8-9-10-11-12-13-14;1-5(2,3)4/h14H,2-13H2,1H3;(H2,1,2,3,4). The Balaban J connectivity index is 0. The summed E-state index contributed by atoms with van der Waals surface area (Å²) in [5.41, 5.74) is 0. The SMILES string of the molecule is CCCCCCCCCCCCCO.O=S(=O)(O)O. The van der Waals surface area contributed by atoms with E-state index in [0.29, 0.717) is 6.61 Å². The first-order valence-corrected chi connectivity index (χ1v) is 8.62. The smallest absolute Gasteiger partial charge is 0.394 e. The summed E-state index contributed by atoms with van der Waals surface area (Å²) in [5.74, 6) is 0. The highest BCUT2D eigenvalue weighted by Crippen LogP contribution is 2.10. The van der Waals surface area contributed by atoms with Crippen LogP contribution >= 0.6 is 0 Å². The Morgan fingerprint density at radius 3 is 1.21 bits per heavy atom. The second-order valence-electron chi connectivity index (χ2n) is 4.71. The van der Waals surface area contributed by atoms with E-state index in [-0.39, 0.29) is 0 Å². The molecule has 0 aromatic heterocycles. The lowest BCUT2D eigenvalue weighted by molar-refractivity contribution is 0.282. The van der Waals surface area contributed by atoms with E-state index in [1.807, 2.05) is 0 Å². The molecule has 0 aliphatic carbocycles. The Bertz CT molecular complexity index is 232. The number of hydrogen-bond acceptors (Lipinski definition) is 3. The molecule has 0 spiro atoms. The zero-order valence-electron chi connectivity index (χ0n) is 12.1. The fourth-order valence-electron chi connectivity index (χ4n) is 1.78. The monoisotopic (exact) mass is 298 g/mol. The number of hydrogen-bond donors (Lipinski definition) is 3. The van der Waals surface area contributed by atoms with Crippen molar-refractivity contribution in [1.82, 2.24) is 0 Å². The van der Waals surface area contributed by atoms with Gasteiger partial charge in [0.15, 0.2) is 0 Å². The molecule has 0 amide bonds. The molecule has 118 valence electrons.